The number of rotatable bonds is 5. The van der Waals surface area contributed by atoms with Crippen LogP contribution < -0.4 is 5.32 Å². The number of aliphatic carboxylic acids is 1. The molecule has 0 spiro atoms. The van der Waals surface area contributed by atoms with Gasteiger partial charge in [0.1, 0.15) is 0 Å². The maximum absolute atomic E-state index is 11.6. The van der Waals surface area contributed by atoms with Gasteiger partial charge in [-0.05, 0) is 30.2 Å². The first-order valence-corrected chi connectivity index (χ1v) is 5.42. The lowest BCUT2D eigenvalue weighted by atomic mass is 10.1. The summed E-state index contributed by atoms with van der Waals surface area (Å²) in [5, 5.41) is 11.2. The number of benzene rings is 1. The smallest absolute Gasteiger partial charge is 0.328 e. The van der Waals surface area contributed by atoms with Crippen molar-refractivity contribution >= 4 is 18.0 Å². The van der Waals surface area contributed by atoms with Crippen LogP contribution in [0.5, 0.6) is 0 Å². The number of hydrogen-bond donors (Lipinski definition) is 2. The number of nitrogens with one attached hydrogen (secondary N) is 1. The highest BCUT2D eigenvalue weighted by Crippen LogP contribution is 2.06. The van der Waals surface area contributed by atoms with Gasteiger partial charge < -0.3 is 10.4 Å². The predicted octanol–water partition coefficient (Wildman–Crippen LogP) is 1.92. The SMILES string of the molecule is CCCNC(=O)c1ccc(/C=C/C(=O)O)cc1. The number of carbonyl (C=O) groups excluding carboxylic acids is 1. The normalized spacial score (nSPS) is 10.4. The molecule has 1 amide bonds. The van der Waals surface area contributed by atoms with Crippen LogP contribution >= 0.6 is 0 Å². The highest BCUT2D eigenvalue weighted by Gasteiger charge is 2.02. The van der Waals surface area contributed by atoms with E-state index in [0.29, 0.717) is 12.1 Å². The quantitative estimate of drug-likeness (QED) is 0.763. The van der Waals surface area contributed by atoms with Gasteiger partial charge in [0.25, 0.3) is 5.91 Å². The number of carboxylic acid groups (broad SMARTS) is 1. The van der Waals surface area contributed by atoms with Crippen LogP contribution in [-0.4, -0.2) is 23.5 Å². The molecule has 4 nitrogen and oxygen atoms in total. The summed E-state index contributed by atoms with van der Waals surface area (Å²) < 4.78 is 0. The van der Waals surface area contributed by atoms with Gasteiger partial charge in [-0.25, -0.2) is 4.79 Å². The van der Waals surface area contributed by atoms with Gasteiger partial charge in [0.2, 0.25) is 0 Å². The zero-order valence-corrected chi connectivity index (χ0v) is 9.64. The average molecular weight is 233 g/mol. The van der Waals surface area contributed by atoms with Crippen molar-refractivity contribution < 1.29 is 14.7 Å². The first kappa shape index (κ1) is 13.0. The molecule has 0 unspecified atom stereocenters. The van der Waals surface area contributed by atoms with Crippen LogP contribution in [-0.2, 0) is 4.79 Å². The molecule has 0 aliphatic rings. The summed E-state index contributed by atoms with van der Waals surface area (Å²) in [5.41, 5.74) is 1.32. The molecule has 0 aliphatic heterocycles. The molecule has 1 aromatic rings. The van der Waals surface area contributed by atoms with Crippen molar-refractivity contribution in [3.8, 4) is 0 Å². The lowest BCUT2D eigenvalue weighted by molar-refractivity contribution is -0.131. The van der Waals surface area contributed by atoms with Crippen LogP contribution in [0, 0.1) is 0 Å². The van der Waals surface area contributed by atoms with Crippen molar-refractivity contribution in [2.24, 2.45) is 0 Å². The molecule has 0 saturated heterocycles. The predicted molar refractivity (Wildman–Crippen MR) is 65.7 cm³/mol. The minimum Gasteiger partial charge on any atom is -0.478 e. The number of hydrogen-bond acceptors (Lipinski definition) is 2. The molecule has 0 bridgehead atoms. The third-order valence-corrected chi connectivity index (χ3v) is 2.13. The topological polar surface area (TPSA) is 66.4 Å². The van der Waals surface area contributed by atoms with Crippen LogP contribution in [0.25, 0.3) is 6.08 Å². The molecular formula is C13H15NO3. The molecule has 1 rings (SSSR count). The molecule has 0 aliphatic carbocycles. The molecular weight excluding hydrogens is 218 g/mol. The van der Waals surface area contributed by atoms with E-state index in [2.05, 4.69) is 5.32 Å². The summed E-state index contributed by atoms with van der Waals surface area (Å²) in [4.78, 5) is 21.9. The van der Waals surface area contributed by atoms with Crippen LogP contribution in [0.2, 0.25) is 0 Å². The van der Waals surface area contributed by atoms with E-state index in [4.69, 9.17) is 5.11 Å². The van der Waals surface area contributed by atoms with Crippen LogP contribution in [0.1, 0.15) is 29.3 Å². The summed E-state index contributed by atoms with van der Waals surface area (Å²) in [6, 6.07) is 6.76. The Bertz CT molecular complexity index is 421. The van der Waals surface area contributed by atoms with Crippen molar-refractivity contribution in [3.05, 3.63) is 41.5 Å². The Morgan fingerprint density at radius 2 is 1.94 bits per heavy atom. The maximum Gasteiger partial charge on any atom is 0.328 e. The van der Waals surface area contributed by atoms with Gasteiger partial charge in [-0.1, -0.05) is 19.1 Å². The Morgan fingerprint density at radius 1 is 1.29 bits per heavy atom. The minimum atomic E-state index is -0.991. The van der Waals surface area contributed by atoms with E-state index in [1.807, 2.05) is 6.92 Å². The molecule has 2 N–H and O–H groups in total. The molecule has 0 radical (unpaired) electrons. The monoisotopic (exact) mass is 233 g/mol. The fourth-order valence-corrected chi connectivity index (χ4v) is 1.25. The standard InChI is InChI=1S/C13H15NO3/c1-2-9-14-13(17)11-6-3-10(4-7-11)5-8-12(15)16/h3-8H,2,9H2,1H3,(H,14,17)(H,15,16)/b8-5+. The third-order valence-electron chi connectivity index (χ3n) is 2.13. The first-order chi connectivity index (χ1) is 8.13. The number of amides is 1. The Morgan fingerprint density at radius 3 is 2.47 bits per heavy atom. The van der Waals surface area contributed by atoms with E-state index in [9.17, 15) is 9.59 Å². The molecule has 0 heterocycles. The lowest BCUT2D eigenvalue weighted by Gasteiger charge is -2.03. The Kier molecular flexibility index (Phi) is 4.94. The van der Waals surface area contributed by atoms with E-state index >= 15 is 0 Å². The van der Waals surface area contributed by atoms with Gasteiger partial charge in [-0.15, -0.1) is 0 Å². The van der Waals surface area contributed by atoms with Gasteiger partial charge >= 0.3 is 5.97 Å². The fraction of sp³-hybridized carbons (Fsp3) is 0.231. The van der Waals surface area contributed by atoms with E-state index in [1.165, 1.54) is 6.08 Å². The number of carbonyl (C=O) groups is 2. The van der Waals surface area contributed by atoms with Crippen molar-refractivity contribution in [1.82, 2.24) is 5.32 Å². The van der Waals surface area contributed by atoms with Crippen LogP contribution in [0.15, 0.2) is 30.3 Å². The van der Waals surface area contributed by atoms with Crippen LogP contribution in [0.3, 0.4) is 0 Å². The Hall–Kier alpha value is -2.10. The third kappa shape index (κ3) is 4.51. The van der Waals surface area contributed by atoms with E-state index < -0.39 is 5.97 Å². The number of carboxylic acids is 1. The fourth-order valence-electron chi connectivity index (χ4n) is 1.25. The summed E-state index contributed by atoms with van der Waals surface area (Å²) in [6.45, 7) is 2.64. The minimum absolute atomic E-state index is 0.111. The zero-order chi connectivity index (χ0) is 12.7. The second-order valence-corrected chi connectivity index (χ2v) is 3.55. The molecule has 0 saturated carbocycles. The largest absolute Gasteiger partial charge is 0.478 e. The van der Waals surface area contributed by atoms with Crippen molar-refractivity contribution in [1.29, 1.82) is 0 Å². The van der Waals surface area contributed by atoms with Gasteiger partial charge in [-0.3, -0.25) is 4.79 Å². The average Bonchev–Trinajstić information content (AvgIpc) is 2.34. The molecule has 17 heavy (non-hydrogen) atoms. The second-order valence-electron chi connectivity index (χ2n) is 3.55. The Balaban J connectivity index is 2.67. The first-order valence-electron chi connectivity index (χ1n) is 5.42. The zero-order valence-electron chi connectivity index (χ0n) is 9.64. The van der Waals surface area contributed by atoms with Gasteiger partial charge in [-0.2, -0.15) is 0 Å². The highest BCUT2D eigenvalue weighted by molar-refractivity contribution is 5.94. The molecule has 0 aromatic heterocycles. The van der Waals surface area contributed by atoms with Crippen molar-refractivity contribution in [2.75, 3.05) is 6.54 Å². The second kappa shape index (κ2) is 6.48. The lowest BCUT2D eigenvalue weighted by Crippen LogP contribution is -2.23. The van der Waals surface area contributed by atoms with Gasteiger partial charge in [0.15, 0.2) is 0 Å². The van der Waals surface area contributed by atoms with E-state index in [1.54, 1.807) is 24.3 Å². The van der Waals surface area contributed by atoms with E-state index in [-0.39, 0.29) is 5.91 Å². The van der Waals surface area contributed by atoms with Crippen molar-refractivity contribution in [2.45, 2.75) is 13.3 Å². The molecule has 0 atom stereocenters. The van der Waals surface area contributed by atoms with Crippen LogP contribution in [0.4, 0.5) is 0 Å². The summed E-state index contributed by atoms with van der Waals surface area (Å²) >= 11 is 0. The van der Waals surface area contributed by atoms with Gasteiger partial charge in [0.05, 0.1) is 0 Å². The molecule has 1 aromatic carbocycles. The highest BCUT2D eigenvalue weighted by atomic mass is 16.4. The maximum atomic E-state index is 11.6. The van der Waals surface area contributed by atoms with Crippen molar-refractivity contribution in [3.63, 3.8) is 0 Å². The summed E-state index contributed by atoms with van der Waals surface area (Å²) in [7, 11) is 0. The summed E-state index contributed by atoms with van der Waals surface area (Å²) in [5.74, 6) is -1.10. The van der Waals surface area contributed by atoms with E-state index in [0.717, 1.165) is 18.1 Å². The van der Waals surface area contributed by atoms with Gasteiger partial charge in [0, 0.05) is 18.2 Å². The molecule has 4 heteroatoms. The Labute approximate surface area is 100.0 Å². The molecule has 90 valence electrons. The molecule has 0 fully saturated rings. The summed E-state index contributed by atoms with van der Waals surface area (Å²) in [6.07, 6.45) is 3.44.